The van der Waals surface area contributed by atoms with Crippen molar-refractivity contribution in [3.05, 3.63) is 58.6 Å². The van der Waals surface area contributed by atoms with Gasteiger partial charge in [-0.25, -0.2) is 8.42 Å². The summed E-state index contributed by atoms with van der Waals surface area (Å²) in [6.45, 7) is 0.454. The predicted octanol–water partition coefficient (Wildman–Crippen LogP) is 2.61. The maximum Gasteiger partial charge on any atom is 0.261 e. The number of anilines is 1. The van der Waals surface area contributed by atoms with Gasteiger partial charge in [-0.2, -0.15) is 4.31 Å². The van der Waals surface area contributed by atoms with Gasteiger partial charge in [0.25, 0.3) is 11.8 Å². The number of nitrogens with one attached hydrogen (secondary N) is 1. The summed E-state index contributed by atoms with van der Waals surface area (Å²) in [4.78, 5) is 38.0. The SMILES string of the molecule is CN1C(=O)c2ccc(NC(=O)C3CCN(S(=O)(=O)c4ccc(Cl)cc4)CC3)cc2C1=O. The second-order valence-corrected chi connectivity index (χ2v) is 9.93. The van der Waals surface area contributed by atoms with E-state index >= 15 is 0 Å². The standard InChI is InChI=1S/C21H20ClN3O5S/c1-24-20(27)17-7-4-15(12-18(17)21(24)28)23-19(26)13-8-10-25(11-9-13)31(29,30)16-5-2-14(22)3-6-16/h2-7,12-13H,8-11H2,1H3,(H,23,26). The lowest BCUT2D eigenvalue weighted by atomic mass is 9.97. The van der Waals surface area contributed by atoms with Crippen molar-refractivity contribution in [1.29, 1.82) is 0 Å². The minimum atomic E-state index is -3.64. The van der Waals surface area contributed by atoms with Gasteiger partial charge < -0.3 is 5.32 Å². The Balaban J connectivity index is 1.40. The van der Waals surface area contributed by atoms with Crippen molar-refractivity contribution in [3.8, 4) is 0 Å². The summed E-state index contributed by atoms with van der Waals surface area (Å²) in [6.07, 6.45) is 0.757. The summed E-state index contributed by atoms with van der Waals surface area (Å²) in [5, 5.41) is 3.24. The third-order valence-electron chi connectivity index (χ3n) is 5.63. The van der Waals surface area contributed by atoms with Gasteiger partial charge in [-0.1, -0.05) is 11.6 Å². The Morgan fingerprint density at radius 1 is 1.00 bits per heavy atom. The van der Waals surface area contributed by atoms with Gasteiger partial charge >= 0.3 is 0 Å². The van der Waals surface area contributed by atoms with Gasteiger partial charge in [0.05, 0.1) is 16.0 Å². The Morgan fingerprint density at radius 3 is 2.26 bits per heavy atom. The fourth-order valence-corrected chi connectivity index (χ4v) is 5.39. The molecule has 0 aliphatic carbocycles. The number of halogens is 1. The van der Waals surface area contributed by atoms with Crippen LogP contribution in [0, 0.1) is 5.92 Å². The Morgan fingerprint density at radius 2 is 1.61 bits per heavy atom. The zero-order valence-corrected chi connectivity index (χ0v) is 18.2. The first-order valence-corrected chi connectivity index (χ1v) is 11.5. The zero-order chi connectivity index (χ0) is 22.3. The molecule has 1 fully saturated rings. The minimum absolute atomic E-state index is 0.169. The molecule has 0 saturated carbocycles. The van der Waals surface area contributed by atoms with E-state index in [-0.39, 0.29) is 41.3 Å². The molecule has 2 heterocycles. The molecule has 10 heteroatoms. The molecule has 31 heavy (non-hydrogen) atoms. The third kappa shape index (κ3) is 3.96. The molecule has 0 spiro atoms. The van der Waals surface area contributed by atoms with Gasteiger partial charge in [-0.05, 0) is 55.3 Å². The first kappa shape index (κ1) is 21.5. The lowest BCUT2D eigenvalue weighted by Crippen LogP contribution is -2.41. The molecule has 0 radical (unpaired) electrons. The highest BCUT2D eigenvalue weighted by Gasteiger charge is 2.34. The smallest absolute Gasteiger partial charge is 0.261 e. The van der Waals surface area contributed by atoms with E-state index < -0.39 is 15.9 Å². The topological polar surface area (TPSA) is 104 Å². The van der Waals surface area contributed by atoms with Crippen LogP contribution in [0.3, 0.4) is 0 Å². The third-order valence-corrected chi connectivity index (χ3v) is 7.80. The van der Waals surface area contributed by atoms with Crippen LogP contribution in [-0.4, -0.2) is 55.5 Å². The van der Waals surface area contributed by atoms with Crippen LogP contribution in [0.4, 0.5) is 5.69 Å². The largest absolute Gasteiger partial charge is 0.326 e. The number of rotatable bonds is 4. The lowest BCUT2D eigenvalue weighted by molar-refractivity contribution is -0.120. The molecular formula is C21H20ClN3O5S. The van der Waals surface area contributed by atoms with Gasteiger partial charge in [0.2, 0.25) is 15.9 Å². The molecule has 0 unspecified atom stereocenters. The summed E-state index contributed by atoms with van der Waals surface area (Å²) in [5.41, 5.74) is 0.997. The van der Waals surface area contributed by atoms with Crippen LogP contribution in [0.15, 0.2) is 47.4 Å². The molecule has 8 nitrogen and oxygen atoms in total. The van der Waals surface area contributed by atoms with Crippen molar-refractivity contribution >= 4 is 45.0 Å². The second kappa shape index (κ2) is 8.07. The van der Waals surface area contributed by atoms with E-state index in [1.807, 2.05) is 0 Å². The normalized spacial score (nSPS) is 17.7. The van der Waals surface area contributed by atoms with Gasteiger partial charge in [-0.15, -0.1) is 0 Å². The Labute approximate surface area is 184 Å². The van der Waals surface area contributed by atoms with E-state index in [0.29, 0.717) is 29.1 Å². The predicted molar refractivity (Wildman–Crippen MR) is 114 cm³/mol. The van der Waals surface area contributed by atoms with E-state index in [1.54, 1.807) is 6.07 Å². The zero-order valence-electron chi connectivity index (χ0n) is 16.7. The van der Waals surface area contributed by atoms with E-state index in [4.69, 9.17) is 11.6 Å². The highest BCUT2D eigenvalue weighted by atomic mass is 35.5. The van der Waals surface area contributed by atoms with E-state index in [9.17, 15) is 22.8 Å². The number of amides is 3. The van der Waals surface area contributed by atoms with Crippen LogP contribution in [0.2, 0.25) is 5.02 Å². The molecule has 1 saturated heterocycles. The quantitative estimate of drug-likeness (QED) is 0.705. The second-order valence-electron chi connectivity index (χ2n) is 7.55. The van der Waals surface area contributed by atoms with Gasteiger partial charge in [0.15, 0.2) is 0 Å². The number of hydrogen-bond acceptors (Lipinski definition) is 5. The van der Waals surface area contributed by atoms with Crippen LogP contribution in [0.5, 0.6) is 0 Å². The number of fused-ring (bicyclic) bond motifs is 1. The van der Waals surface area contributed by atoms with Crippen molar-refractivity contribution in [2.24, 2.45) is 5.92 Å². The number of benzene rings is 2. The summed E-state index contributed by atoms with van der Waals surface area (Å²) in [5.74, 6) is -1.37. The molecule has 2 aliphatic heterocycles. The Bertz CT molecular complexity index is 1170. The molecule has 0 atom stereocenters. The van der Waals surface area contributed by atoms with Crippen molar-refractivity contribution < 1.29 is 22.8 Å². The van der Waals surface area contributed by atoms with Crippen LogP contribution in [-0.2, 0) is 14.8 Å². The molecule has 4 rings (SSSR count). The monoisotopic (exact) mass is 461 g/mol. The number of sulfonamides is 1. The van der Waals surface area contributed by atoms with E-state index in [1.165, 1.54) is 47.8 Å². The lowest BCUT2D eigenvalue weighted by Gasteiger charge is -2.30. The first-order chi connectivity index (χ1) is 14.7. The minimum Gasteiger partial charge on any atom is -0.326 e. The van der Waals surface area contributed by atoms with E-state index in [2.05, 4.69) is 5.32 Å². The molecule has 3 amide bonds. The van der Waals surface area contributed by atoms with Crippen molar-refractivity contribution in [2.75, 3.05) is 25.5 Å². The van der Waals surface area contributed by atoms with Gasteiger partial charge in [0.1, 0.15) is 0 Å². The molecule has 162 valence electrons. The molecular weight excluding hydrogens is 442 g/mol. The summed E-state index contributed by atoms with van der Waals surface area (Å²) < 4.78 is 26.9. The highest BCUT2D eigenvalue weighted by Crippen LogP contribution is 2.28. The fourth-order valence-electron chi connectivity index (χ4n) is 3.80. The number of carbonyl (C=O) groups is 3. The molecule has 0 aromatic heterocycles. The summed E-state index contributed by atoms with van der Waals surface area (Å²) in [6, 6.07) is 10.6. The molecule has 2 aromatic carbocycles. The van der Waals surface area contributed by atoms with Crippen LogP contribution >= 0.6 is 11.6 Å². The first-order valence-electron chi connectivity index (χ1n) is 9.71. The van der Waals surface area contributed by atoms with Gasteiger partial charge in [-0.3, -0.25) is 19.3 Å². The maximum absolute atomic E-state index is 12.8. The van der Waals surface area contributed by atoms with E-state index in [0.717, 1.165) is 4.90 Å². The van der Waals surface area contributed by atoms with Crippen molar-refractivity contribution in [1.82, 2.24) is 9.21 Å². The van der Waals surface area contributed by atoms with Crippen molar-refractivity contribution in [3.63, 3.8) is 0 Å². The van der Waals surface area contributed by atoms with Crippen LogP contribution in [0.25, 0.3) is 0 Å². The summed E-state index contributed by atoms with van der Waals surface area (Å²) in [7, 11) is -2.23. The average Bonchev–Trinajstić information content (AvgIpc) is 2.98. The van der Waals surface area contributed by atoms with Gasteiger partial charge in [0, 0.05) is 36.8 Å². The highest BCUT2D eigenvalue weighted by molar-refractivity contribution is 7.89. The maximum atomic E-state index is 12.8. The number of nitrogens with zero attached hydrogens (tertiary/aromatic N) is 2. The molecule has 2 aromatic rings. The van der Waals surface area contributed by atoms with Crippen LogP contribution < -0.4 is 5.32 Å². The molecule has 1 N–H and O–H groups in total. The summed E-state index contributed by atoms with van der Waals surface area (Å²) >= 11 is 5.83. The Hall–Kier alpha value is -2.75. The Kier molecular flexibility index (Phi) is 5.59. The molecule has 2 aliphatic rings. The molecule has 0 bridgehead atoms. The number of piperidine rings is 1. The number of imide groups is 1. The number of carbonyl (C=O) groups excluding carboxylic acids is 3. The van der Waals surface area contributed by atoms with Crippen molar-refractivity contribution in [2.45, 2.75) is 17.7 Å². The van der Waals surface area contributed by atoms with Crippen LogP contribution in [0.1, 0.15) is 33.6 Å². The number of hydrogen-bond donors (Lipinski definition) is 1. The average molecular weight is 462 g/mol. The fraction of sp³-hybridized carbons (Fsp3) is 0.286.